The lowest BCUT2D eigenvalue weighted by Gasteiger charge is -2.30. The molecule has 1 heteroatoms. The van der Waals surface area contributed by atoms with Gasteiger partial charge < -0.3 is 4.98 Å². The van der Waals surface area contributed by atoms with E-state index in [0.29, 0.717) is 0 Å². The molecule has 178 valence electrons. The van der Waals surface area contributed by atoms with Gasteiger partial charge in [0.05, 0.1) is 5.41 Å². The molecule has 9 rings (SSSR count). The molecule has 1 spiro atoms. The topological polar surface area (TPSA) is 15.8 Å². The molecule has 0 saturated carbocycles. The van der Waals surface area contributed by atoms with Crippen LogP contribution in [-0.4, -0.2) is 4.98 Å². The number of para-hydroxylation sites is 2. The summed E-state index contributed by atoms with van der Waals surface area (Å²) < 4.78 is 0. The van der Waals surface area contributed by atoms with Crippen LogP contribution in [0, 0.1) is 0 Å². The van der Waals surface area contributed by atoms with Crippen LogP contribution in [0.4, 0.5) is 0 Å². The van der Waals surface area contributed by atoms with Crippen molar-refractivity contribution >= 4 is 21.8 Å². The van der Waals surface area contributed by atoms with E-state index in [9.17, 15) is 0 Å². The Morgan fingerprint density at radius 2 is 0.605 bits per heavy atom. The highest BCUT2D eigenvalue weighted by Crippen LogP contribution is 2.62. The second kappa shape index (κ2) is 8.06. The van der Waals surface area contributed by atoms with Crippen LogP contribution in [0.1, 0.15) is 22.3 Å². The zero-order valence-electron chi connectivity index (χ0n) is 20.9. The van der Waals surface area contributed by atoms with E-state index in [-0.39, 0.29) is 5.41 Å². The molecule has 2 aliphatic carbocycles. The molecular weight excluding hydrogens is 458 g/mol. The first-order chi connectivity index (χ1) is 18.9. The third kappa shape index (κ3) is 2.76. The normalized spacial score (nSPS) is 13.5. The largest absolute Gasteiger partial charge is 0.355 e. The monoisotopic (exact) mass is 483 g/mol. The van der Waals surface area contributed by atoms with E-state index in [4.69, 9.17) is 0 Å². The van der Waals surface area contributed by atoms with Crippen LogP contribution in [0.5, 0.6) is 0 Å². The summed E-state index contributed by atoms with van der Waals surface area (Å²) in [6.45, 7) is 0. The fourth-order valence-electron chi connectivity index (χ4n) is 6.85. The summed E-state index contributed by atoms with van der Waals surface area (Å²) in [5.74, 6) is 0. The molecule has 0 unspecified atom stereocenters. The van der Waals surface area contributed by atoms with Crippen LogP contribution in [-0.2, 0) is 5.41 Å². The molecule has 1 N–H and O–H groups in total. The number of nitrogens with one attached hydrogen (secondary N) is 1. The Kier molecular flexibility index (Phi) is 4.50. The lowest BCUT2D eigenvalue weighted by molar-refractivity contribution is 0.794. The van der Waals surface area contributed by atoms with E-state index in [1.54, 1.807) is 0 Å². The molecular formula is C37H25N. The summed E-state index contributed by atoms with van der Waals surface area (Å²) in [4.78, 5) is 3.38. The fraction of sp³-hybridized carbons (Fsp3) is 0.0270. The van der Waals surface area contributed by atoms with Crippen molar-refractivity contribution in [2.24, 2.45) is 0 Å². The highest BCUT2D eigenvalue weighted by Gasteiger charge is 2.51. The number of hydrogen-bond donors (Lipinski definition) is 1. The lowest BCUT2D eigenvalue weighted by atomic mass is 9.70. The maximum atomic E-state index is 3.38. The molecule has 1 heterocycles. The quantitative estimate of drug-likeness (QED) is 0.221. The zero-order chi connectivity index (χ0) is 25.1. The molecule has 7 aromatic rings. The predicted molar refractivity (Wildman–Crippen MR) is 159 cm³/mol. The Balaban J connectivity index is 0.000000145. The Labute approximate surface area is 222 Å². The molecule has 0 amide bonds. The minimum Gasteiger partial charge on any atom is -0.355 e. The number of rotatable bonds is 0. The number of hydrogen-bond acceptors (Lipinski definition) is 0. The number of aromatic nitrogens is 1. The number of aromatic amines is 1. The molecule has 2 aliphatic rings. The van der Waals surface area contributed by atoms with E-state index < -0.39 is 0 Å². The van der Waals surface area contributed by atoms with Crippen LogP contribution in [0.2, 0.25) is 0 Å². The van der Waals surface area contributed by atoms with Crippen molar-refractivity contribution in [3.8, 4) is 22.3 Å². The van der Waals surface area contributed by atoms with Gasteiger partial charge in [-0.05, 0) is 56.6 Å². The molecule has 0 aliphatic heterocycles. The lowest BCUT2D eigenvalue weighted by Crippen LogP contribution is -2.25. The summed E-state index contributed by atoms with van der Waals surface area (Å²) in [6.07, 6.45) is 0. The van der Waals surface area contributed by atoms with Gasteiger partial charge in [0.25, 0.3) is 0 Å². The van der Waals surface area contributed by atoms with Crippen LogP contribution in [0.25, 0.3) is 44.1 Å². The summed E-state index contributed by atoms with van der Waals surface area (Å²) in [5.41, 5.74) is 13.3. The van der Waals surface area contributed by atoms with Crippen LogP contribution in [0.15, 0.2) is 146 Å². The van der Waals surface area contributed by atoms with E-state index in [1.807, 2.05) is 0 Å². The third-order valence-corrected chi connectivity index (χ3v) is 8.32. The SMILES string of the molecule is c1ccc2c(c1)-c1ccccc1C21c2ccccc2-c2ccccc21.c1ccc2c(c1)[nH]c1ccccc12. The summed E-state index contributed by atoms with van der Waals surface area (Å²) in [6, 6.07) is 52.4. The maximum Gasteiger partial charge on any atom is 0.0725 e. The molecule has 0 atom stereocenters. The van der Waals surface area contributed by atoms with Gasteiger partial charge in [-0.2, -0.15) is 0 Å². The first-order valence-electron chi connectivity index (χ1n) is 13.2. The Morgan fingerprint density at radius 3 is 0.974 bits per heavy atom. The molecule has 0 bridgehead atoms. The van der Waals surface area contributed by atoms with Crippen LogP contribution >= 0.6 is 0 Å². The van der Waals surface area contributed by atoms with Gasteiger partial charge in [0.1, 0.15) is 0 Å². The maximum absolute atomic E-state index is 3.38. The van der Waals surface area contributed by atoms with Crippen LogP contribution in [0.3, 0.4) is 0 Å². The van der Waals surface area contributed by atoms with Crippen molar-refractivity contribution < 1.29 is 0 Å². The van der Waals surface area contributed by atoms with Gasteiger partial charge in [-0.3, -0.25) is 0 Å². The predicted octanol–water partition coefficient (Wildman–Crippen LogP) is 9.35. The highest BCUT2D eigenvalue weighted by molar-refractivity contribution is 6.07. The van der Waals surface area contributed by atoms with E-state index in [2.05, 4.69) is 151 Å². The number of fused-ring (bicyclic) bond motifs is 13. The number of H-pyrrole nitrogens is 1. The van der Waals surface area contributed by atoms with E-state index >= 15 is 0 Å². The summed E-state index contributed by atoms with van der Waals surface area (Å²) in [7, 11) is 0. The summed E-state index contributed by atoms with van der Waals surface area (Å²) in [5, 5.41) is 2.61. The van der Waals surface area contributed by atoms with Crippen molar-refractivity contribution in [3.05, 3.63) is 168 Å². The van der Waals surface area contributed by atoms with Gasteiger partial charge in [-0.25, -0.2) is 0 Å². The van der Waals surface area contributed by atoms with Gasteiger partial charge in [-0.15, -0.1) is 0 Å². The highest BCUT2D eigenvalue weighted by atomic mass is 14.7. The summed E-state index contributed by atoms with van der Waals surface area (Å²) >= 11 is 0. The van der Waals surface area contributed by atoms with Crippen molar-refractivity contribution in [1.29, 1.82) is 0 Å². The third-order valence-electron chi connectivity index (χ3n) is 8.32. The number of benzene rings is 6. The van der Waals surface area contributed by atoms with E-state index in [0.717, 1.165) is 0 Å². The standard InChI is InChI=1S/C25H16.C12H9N/c1-5-13-21-17(9-1)18-10-2-6-14-22(18)25(21)23-15-7-3-11-19(23)20-12-4-8-16-24(20)25;1-3-7-11-9(5-1)10-6-2-4-8-12(10)13-11/h1-16H;1-8,13H. The van der Waals surface area contributed by atoms with Crippen molar-refractivity contribution in [3.63, 3.8) is 0 Å². The average molecular weight is 484 g/mol. The molecule has 1 nitrogen and oxygen atoms in total. The van der Waals surface area contributed by atoms with Gasteiger partial charge in [0, 0.05) is 21.8 Å². The first-order valence-corrected chi connectivity index (χ1v) is 13.2. The second-order valence-corrected chi connectivity index (χ2v) is 10.1. The van der Waals surface area contributed by atoms with Gasteiger partial charge in [-0.1, -0.05) is 133 Å². The van der Waals surface area contributed by atoms with Gasteiger partial charge in [0.2, 0.25) is 0 Å². The molecule has 38 heavy (non-hydrogen) atoms. The molecule has 0 radical (unpaired) electrons. The van der Waals surface area contributed by atoms with E-state index in [1.165, 1.54) is 66.3 Å². The minimum atomic E-state index is -0.180. The van der Waals surface area contributed by atoms with Crippen molar-refractivity contribution in [2.45, 2.75) is 5.41 Å². The van der Waals surface area contributed by atoms with Gasteiger partial charge >= 0.3 is 0 Å². The van der Waals surface area contributed by atoms with Crippen molar-refractivity contribution in [1.82, 2.24) is 4.98 Å². The fourth-order valence-corrected chi connectivity index (χ4v) is 6.85. The van der Waals surface area contributed by atoms with Crippen molar-refractivity contribution in [2.75, 3.05) is 0 Å². The molecule has 1 aromatic heterocycles. The Morgan fingerprint density at radius 1 is 0.316 bits per heavy atom. The molecule has 6 aromatic carbocycles. The average Bonchev–Trinajstić information content (AvgIpc) is 3.62. The zero-order valence-corrected chi connectivity index (χ0v) is 20.9. The molecule has 0 saturated heterocycles. The molecule has 0 fully saturated rings. The van der Waals surface area contributed by atoms with Gasteiger partial charge in [0.15, 0.2) is 0 Å². The first kappa shape index (κ1) is 21.2. The second-order valence-electron chi connectivity index (χ2n) is 10.1. The Bertz CT molecular complexity index is 1750. The smallest absolute Gasteiger partial charge is 0.0725 e. The Hall–Kier alpha value is -4.88. The minimum absolute atomic E-state index is 0.180. The van der Waals surface area contributed by atoms with Crippen LogP contribution < -0.4 is 0 Å².